The third kappa shape index (κ3) is 4.16. The van der Waals surface area contributed by atoms with E-state index in [0.29, 0.717) is 12.1 Å². The summed E-state index contributed by atoms with van der Waals surface area (Å²) < 4.78 is 33.2. The zero-order valence-corrected chi connectivity index (χ0v) is 17.5. The molecule has 0 radical (unpaired) electrons. The number of benzene rings is 2. The zero-order valence-electron chi connectivity index (χ0n) is 16.7. The van der Waals surface area contributed by atoms with Gasteiger partial charge in [0.25, 0.3) is 5.91 Å². The number of carbonyl (C=O) groups is 1. The molecule has 2 aromatic carbocycles. The molecule has 1 N–H and O–H groups in total. The predicted octanol–water partition coefficient (Wildman–Crippen LogP) is 3.42. The molecule has 0 aromatic heterocycles. The number of rotatable bonds is 6. The van der Waals surface area contributed by atoms with E-state index in [1.165, 1.54) is 6.07 Å². The maximum atomic E-state index is 13.4. The summed E-state index contributed by atoms with van der Waals surface area (Å²) in [6.07, 6.45) is 3.52. The van der Waals surface area contributed by atoms with Gasteiger partial charge in [-0.05, 0) is 68.0 Å². The molecule has 2 aromatic rings. The topological polar surface area (TPSA) is 75.7 Å². The van der Waals surface area contributed by atoms with E-state index in [9.17, 15) is 13.2 Å². The van der Waals surface area contributed by atoms with Crippen molar-refractivity contribution in [3.05, 3.63) is 59.2 Å². The molecule has 1 saturated heterocycles. The van der Waals surface area contributed by atoms with Gasteiger partial charge in [-0.1, -0.05) is 18.2 Å². The van der Waals surface area contributed by atoms with Crippen LogP contribution in [-0.2, 0) is 10.0 Å². The summed E-state index contributed by atoms with van der Waals surface area (Å²) in [4.78, 5) is 15.4. The molecule has 1 saturated carbocycles. The second-order valence-electron chi connectivity index (χ2n) is 7.81. The molecule has 154 valence electrons. The summed E-state index contributed by atoms with van der Waals surface area (Å²) in [5.41, 5.74) is 2.25. The molecule has 1 heterocycles. The lowest BCUT2D eigenvalue weighted by Crippen LogP contribution is -2.31. The summed E-state index contributed by atoms with van der Waals surface area (Å²) in [7, 11) is -1.98. The lowest BCUT2D eigenvalue weighted by atomic mass is 10.0. The van der Waals surface area contributed by atoms with E-state index in [0.717, 1.165) is 42.6 Å². The Labute approximate surface area is 171 Å². The summed E-state index contributed by atoms with van der Waals surface area (Å²) in [6, 6.07) is 12.6. The Morgan fingerprint density at radius 3 is 2.66 bits per heavy atom. The highest BCUT2D eigenvalue weighted by Crippen LogP contribution is 2.35. The number of likely N-dealkylation sites (tertiary alicyclic amines) is 1. The SMILES string of the molecule is COc1cccc(C2CCCN2C(=O)c2cc(S(=O)(=O)NC3CC3)ccc2C)c1. The molecule has 0 bridgehead atoms. The van der Waals surface area contributed by atoms with Crippen molar-refractivity contribution in [3.8, 4) is 5.75 Å². The van der Waals surface area contributed by atoms with Gasteiger partial charge in [0, 0.05) is 18.2 Å². The normalized spacial score (nSPS) is 19.4. The molecule has 2 fully saturated rings. The number of carbonyl (C=O) groups excluding carboxylic acids is 1. The number of nitrogens with zero attached hydrogens (tertiary/aromatic N) is 1. The van der Waals surface area contributed by atoms with Gasteiger partial charge in [0.2, 0.25) is 10.0 Å². The third-order valence-corrected chi connectivity index (χ3v) is 7.16. The number of sulfonamides is 1. The van der Waals surface area contributed by atoms with Crippen LogP contribution in [0.5, 0.6) is 5.75 Å². The van der Waals surface area contributed by atoms with E-state index in [4.69, 9.17) is 4.74 Å². The Bertz CT molecular complexity index is 1030. The van der Waals surface area contributed by atoms with E-state index < -0.39 is 10.0 Å². The van der Waals surface area contributed by atoms with Crippen molar-refractivity contribution in [1.82, 2.24) is 9.62 Å². The highest BCUT2D eigenvalue weighted by atomic mass is 32.2. The summed E-state index contributed by atoms with van der Waals surface area (Å²) in [5.74, 6) is 0.633. The summed E-state index contributed by atoms with van der Waals surface area (Å²) in [5, 5.41) is 0. The Morgan fingerprint density at radius 1 is 1.14 bits per heavy atom. The molecule has 29 heavy (non-hydrogen) atoms. The van der Waals surface area contributed by atoms with Crippen molar-refractivity contribution >= 4 is 15.9 Å². The largest absolute Gasteiger partial charge is 0.497 e. The van der Waals surface area contributed by atoms with Gasteiger partial charge in [-0.25, -0.2) is 13.1 Å². The van der Waals surface area contributed by atoms with Crippen LogP contribution in [0, 0.1) is 6.92 Å². The Hall–Kier alpha value is -2.38. The van der Waals surface area contributed by atoms with Gasteiger partial charge in [-0.2, -0.15) is 0 Å². The van der Waals surface area contributed by atoms with Gasteiger partial charge in [-0.3, -0.25) is 4.79 Å². The van der Waals surface area contributed by atoms with E-state index in [1.54, 1.807) is 19.2 Å². The van der Waals surface area contributed by atoms with Crippen LogP contribution in [0.2, 0.25) is 0 Å². The minimum Gasteiger partial charge on any atom is -0.497 e. The molecule has 2 aliphatic rings. The van der Waals surface area contributed by atoms with Gasteiger partial charge in [0.05, 0.1) is 18.0 Å². The minimum absolute atomic E-state index is 0.0245. The smallest absolute Gasteiger partial charge is 0.254 e. The van der Waals surface area contributed by atoms with Gasteiger partial charge in [-0.15, -0.1) is 0 Å². The highest BCUT2D eigenvalue weighted by molar-refractivity contribution is 7.89. The average molecular weight is 415 g/mol. The molecule has 1 aliphatic carbocycles. The molecule has 1 amide bonds. The van der Waals surface area contributed by atoms with E-state index in [2.05, 4.69) is 4.72 Å². The maximum absolute atomic E-state index is 13.4. The number of hydrogen-bond acceptors (Lipinski definition) is 4. The van der Waals surface area contributed by atoms with Crippen molar-refractivity contribution in [2.75, 3.05) is 13.7 Å². The molecule has 6 nitrogen and oxygen atoms in total. The van der Waals surface area contributed by atoms with Crippen LogP contribution in [-0.4, -0.2) is 38.9 Å². The number of aryl methyl sites for hydroxylation is 1. The van der Waals surface area contributed by atoms with Crippen molar-refractivity contribution in [2.24, 2.45) is 0 Å². The molecule has 4 rings (SSSR count). The van der Waals surface area contributed by atoms with Crippen LogP contribution in [0.4, 0.5) is 0 Å². The van der Waals surface area contributed by atoms with E-state index >= 15 is 0 Å². The molecular weight excluding hydrogens is 388 g/mol. The van der Waals surface area contributed by atoms with Crippen molar-refractivity contribution in [1.29, 1.82) is 0 Å². The average Bonchev–Trinajstić information content (AvgIpc) is 3.38. The minimum atomic E-state index is -3.61. The van der Waals surface area contributed by atoms with Gasteiger partial charge >= 0.3 is 0 Å². The Morgan fingerprint density at radius 2 is 1.93 bits per heavy atom. The number of methoxy groups -OCH3 is 1. The first-order valence-electron chi connectivity index (χ1n) is 9.97. The Kier molecular flexibility index (Phi) is 5.36. The first-order valence-corrected chi connectivity index (χ1v) is 11.5. The lowest BCUT2D eigenvalue weighted by Gasteiger charge is -2.26. The lowest BCUT2D eigenvalue weighted by molar-refractivity contribution is 0.0734. The van der Waals surface area contributed by atoms with Gasteiger partial charge in [0.1, 0.15) is 5.75 Å². The number of hydrogen-bond donors (Lipinski definition) is 1. The number of amides is 1. The fraction of sp³-hybridized carbons (Fsp3) is 0.409. The van der Waals surface area contributed by atoms with E-state index in [-0.39, 0.29) is 22.9 Å². The molecular formula is C22H26N2O4S. The summed E-state index contributed by atoms with van der Waals surface area (Å²) >= 11 is 0. The van der Waals surface area contributed by atoms with Crippen LogP contribution in [0.3, 0.4) is 0 Å². The van der Waals surface area contributed by atoms with Crippen LogP contribution >= 0.6 is 0 Å². The standard InChI is InChI=1S/C22H26N2O4S/c1-15-8-11-19(29(26,27)23-17-9-10-17)14-20(15)22(25)24-12-4-7-21(24)16-5-3-6-18(13-16)28-2/h3,5-6,8,11,13-14,17,21,23H,4,7,9-10,12H2,1-2H3. The van der Waals surface area contributed by atoms with Crippen LogP contribution in [0.1, 0.15) is 53.2 Å². The van der Waals surface area contributed by atoms with Crippen LogP contribution in [0.25, 0.3) is 0 Å². The molecule has 0 spiro atoms. The first-order chi connectivity index (χ1) is 13.9. The highest BCUT2D eigenvalue weighted by Gasteiger charge is 2.33. The number of nitrogens with one attached hydrogen (secondary N) is 1. The van der Waals surface area contributed by atoms with Crippen molar-refractivity contribution in [3.63, 3.8) is 0 Å². The fourth-order valence-corrected chi connectivity index (χ4v) is 5.18. The predicted molar refractivity (Wildman–Crippen MR) is 111 cm³/mol. The molecule has 1 aliphatic heterocycles. The van der Waals surface area contributed by atoms with Gasteiger partial charge < -0.3 is 9.64 Å². The number of ether oxygens (including phenoxy) is 1. The molecule has 1 atom stereocenters. The fourth-order valence-electron chi connectivity index (χ4n) is 3.85. The monoisotopic (exact) mass is 414 g/mol. The molecule has 7 heteroatoms. The Balaban J connectivity index is 1.63. The van der Waals surface area contributed by atoms with Gasteiger partial charge in [0.15, 0.2) is 0 Å². The third-order valence-electron chi connectivity index (χ3n) is 5.64. The first kappa shape index (κ1) is 19.9. The zero-order chi connectivity index (χ0) is 20.6. The van der Waals surface area contributed by atoms with Crippen molar-refractivity contribution < 1.29 is 17.9 Å². The quantitative estimate of drug-likeness (QED) is 0.786. The molecule has 1 unspecified atom stereocenters. The van der Waals surface area contributed by atoms with E-state index in [1.807, 2.05) is 36.1 Å². The van der Waals surface area contributed by atoms with Crippen LogP contribution in [0.15, 0.2) is 47.4 Å². The van der Waals surface area contributed by atoms with Crippen LogP contribution < -0.4 is 9.46 Å². The maximum Gasteiger partial charge on any atom is 0.254 e. The van der Waals surface area contributed by atoms with Crippen molar-refractivity contribution in [2.45, 2.75) is 49.6 Å². The summed E-state index contributed by atoms with van der Waals surface area (Å²) in [6.45, 7) is 2.49. The second-order valence-corrected chi connectivity index (χ2v) is 9.52. The second kappa shape index (κ2) is 7.80.